The summed E-state index contributed by atoms with van der Waals surface area (Å²) in [6.45, 7) is 1.48. The Kier molecular flexibility index (Phi) is 5.04. The van der Waals surface area contributed by atoms with Crippen molar-refractivity contribution < 1.29 is 17.9 Å². The summed E-state index contributed by atoms with van der Waals surface area (Å²) in [6, 6.07) is 13.1. The lowest BCUT2D eigenvalue weighted by molar-refractivity contribution is -0.149. The molecule has 0 aliphatic carbocycles. The Bertz CT molecular complexity index is 725. The summed E-state index contributed by atoms with van der Waals surface area (Å²) < 4.78 is 44.8. The van der Waals surface area contributed by atoms with E-state index in [-0.39, 0.29) is 0 Å². The third kappa shape index (κ3) is 4.15. The molecule has 1 atom stereocenters. The number of halogens is 3. The van der Waals surface area contributed by atoms with Crippen LogP contribution in [0.3, 0.4) is 0 Å². The molecule has 1 aliphatic heterocycles. The van der Waals surface area contributed by atoms with Gasteiger partial charge in [0.15, 0.2) is 0 Å². The number of fused-ring (bicyclic) bond motifs is 1. The van der Waals surface area contributed by atoms with E-state index in [4.69, 9.17) is 4.74 Å². The minimum atomic E-state index is -4.22. The van der Waals surface area contributed by atoms with Crippen LogP contribution in [0.15, 0.2) is 42.5 Å². The number of methoxy groups -OCH3 is 1. The average Bonchev–Trinajstić information content (AvgIpc) is 2.72. The molecular weight excluding hydrogens is 327 g/mol. The third-order valence-electron chi connectivity index (χ3n) is 4.68. The van der Waals surface area contributed by atoms with Gasteiger partial charge in [0.25, 0.3) is 0 Å². The van der Waals surface area contributed by atoms with E-state index in [0.29, 0.717) is 13.0 Å². The van der Waals surface area contributed by atoms with Gasteiger partial charge in [-0.05, 0) is 55.1 Å². The van der Waals surface area contributed by atoms with Gasteiger partial charge in [-0.15, -0.1) is 0 Å². The van der Waals surface area contributed by atoms with E-state index in [0.717, 1.165) is 34.4 Å². The van der Waals surface area contributed by atoms with Crippen molar-refractivity contribution in [3.63, 3.8) is 0 Å². The first-order valence-electron chi connectivity index (χ1n) is 8.41. The van der Waals surface area contributed by atoms with Crippen LogP contribution in [0.2, 0.25) is 0 Å². The molecule has 2 aromatic carbocycles. The molecule has 134 valence electrons. The van der Waals surface area contributed by atoms with E-state index in [9.17, 15) is 13.2 Å². The molecular formula is C20H22F3NO. The van der Waals surface area contributed by atoms with Gasteiger partial charge in [-0.1, -0.05) is 35.9 Å². The molecule has 0 bridgehead atoms. The van der Waals surface area contributed by atoms with E-state index in [1.165, 1.54) is 0 Å². The van der Waals surface area contributed by atoms with Crippen molar-refractivity contribution in [2.24, 2.45) is 0 Å². The van der Waals surface area contributed by atoms with Gasteiger partial charge in [0.2, 0.25) is 0 Å². The molecule has 1 aliphatic rings. The van der Waals surface area contributed by atoms with Crippen LogP contribution >= 0.6 is 0 Å². The Balaban J connectivity index is 2.08. The maximum absolute atomic E-state index is 13.2. The zero-order valence-electron chi connectivity index (χ0n) is 14.4. The Hall–Kier alpha value is -2.01. The van der Waals surface area contributed by atoms with Crippen molar-refractivity contribution >= 4 is 0 Å². The minimum absolute atomic E-state index is 0.398. The standard InChI is InChI=1S/C20H22F3NO/c1-14-5-7-15(8-6-14)19-18-10-9-17(25-2)12-16(18)4-3-11-24(19)13-20(21,22)23/h5-10,12,19H,3-4,11,13H2,1-2H3. The summed E-state index contributed by atoms with van der Waals surface area (Å²) in [6.07, 6.45) is -2.78. The summed E-state index contributed by atoms with van der Waals surface area (Å²) in [7, 11) is 1.60. The second-order valence-corrected chi connectivity index (χ2v) is 6.57. The van der Waals surface area contributed by atoms with E-state index in [2.05, 4.69) is 0 Å². The van der Waals surface area contributed by atoms with Crippen molar-refractivity contribution in [1.29, 1.82) is 0 Å². The quantitative estimate of drug-likeness (QED) is 0.781. The van der Waals surface area contributed by atoms with Crippen LogP contribution in [0.25, 0.3) is 0 Å². The molecule has 0 fully saturated rings. The van der Waals surface area contributed by atoms with Crippen LogP contribution in [0.4, 0.5) is 13.2 Å². The van der Waals surface area contributed by atoms with Crippen molar-refractivity contribution in [1.82, 2.24) is 4.90 Å². The molecule has 25 heavy (non-hydrogen) atoms. The Morgan fingerprint density at radius 2 is 1.84 bits per heavy atom. The summed E-state index contributed by atoms with van der Waals surface area (Å²) >= 11 is 0. The molecule has 1 unspecified atom stereocenters. The predicted octanol–water partition coefficient (Wildman–Crippen LogP) is 4.90. The van der Waals surface area contributed by atoms with Crippen LogP contribution in [0, 0.1) is 6.92 Å². The normalized spacial score (nSPS) is 18.5. The van der Waals surface area contributed by atoms with Gasteiger partial charge in [0.1, 0.15) is 5.75 Å². The highest BCUT2D eigenvalue weighted by molar-refractivity contribution is 5.43. The molecule has 0 N–H and O–H groups in total. The second kappa shape index (κ2) is 7.08. The molecule has 0 saturated heterocycles. The lowest BCUT2D eigenvalue weighted by Gasteiger charge is -2.32. The average molecular weight is 349 g/mol. The first-order valence-corrected chi connectivity index (χ1v) is 8.41. The maximum atomic E-state index is 13.2. The van der Waals surface area contributed by atoms with Gasteiger partial charge in [0, 0.05) is 0 Å². The lowest BCUT2D eigenvalue weighted by atomic mass is 9.92. The number of benzene rings is 2. The molecule has 2 nitrogen and oxygen atoms in total. The van der Waals surface area contributed by atoms with Gasteiger partial charge in [-0.3, -0.25) is 4.90 Å². The number of ether oxygens (including phenoxy) is 1. The SMILES string of the molecule is COc1ccc2c(c1)CCCN(CC(F)(F)F)C2c1ccc(C)cc1. The van der Waals surface area contributed by atoms with Gasteiger partial charge >= 0.3 is 6.18 Å². The van der Waals surface area contributed by atoms with Crippen LogP contribution in [0.1, 0.15) is 34.7 Å². The maximum Gasteiger partial charge on any atom is 0.401 e. The van der Waals surface area contributed by atoms with E-state index in [1.54, 1.807) is 12.0 Å². The second-order valence-electron chi connectivity index (χ2n) is 6.57. The van der Waals surface area contributed by atoms with Gasteiger partial charge < -0.3 is 4.74 Å². The predicted molar refractivity (Wildman–Crippen MR) is 92.0 cm³/mol. The largest absolute Gasteiger partial charge is 0.497 e. The molecule has 0 amide bonds. The van der Waals surface area contributed by atoms with Crippen molar-refractivity contribution in [2.75, 3.05) is 20.2 Å². The zero-order chi connectivity index (χ0) is 18.0. The highest BCUT2D eigenvalue weighted by atomic mass is 19.4. The molecule has 3 rings (SSSR count). The zero-order valence-corrected chi connectivity index (χ0v) is 14.4. The van der Waals surface area contributed by atoms with Gasteiger partial charge in [-0.25, -0.2) is 0 Å². The third-order valence-corrected chi connectivity index (χ3v) is 4.68. The van der Waals surface area contributed by atoms with E-state index < -0.39 is 18.8 Å². The van der Waals surface area contributed by atoms with Gasteiger partial charge in [-0.2, -0.15) is 13.2 Å². The minimum Gasteiger partial charge on any atom is -0.497 e. The van der Waals surface area contributed by atoms with Crippen LogP contribution in [-0.4, -0.2) is 31.3 Å². The first kappa shape index (κ1) is 17.8. The van der Waals surface area contributed by atoms with Gasteiger partial charge in [0.05, 0.1) is 19.7 Å². The molecule has 1 heterocycles. The molecule has 0 saturated carbocycles. The van der Waals surface area contributed by atoms with Crippen LogP contribution in [0.5, 0.6) is 5.75 Å². The number of hydrogen-bond acceptors (Lipinski definition) is 2. The highest BCUT2D eigenvalue weighted by Gasteiger charge is 2.36. The summed E-state index contributed by atoms with van der Waals surface area (Å²) in [4.78, 5) is 1.54. The number of aryl methyl sites for hydroxylation is 2. The van der Waals surface area contributed by atoms with E-state index >= 15 is 0 Å². The number of rotatable bonds is 3. The van der Waals surface area contributed by atoms with Crippen LogP contribution < -0.4 is 4.74 Å². The Labute approximate surface area is 146 Å². The fraction of sp³-hybridized carbons (Fsp3) is 0.400. The smallest absolute Gasteiger partial charge is 0.401 e. The summed E-state index contributed by atoms with van der Waals surface area (Å²) in [5.41, 5.74) is 3.99. The molecule has 0 spiro atoms. The number of nitrogens with zero attached hydrogens (tertiary/aromatic N) is 1. The molecule has 2 aromatic rings. The van der Waals surface area contributed by atoms with E-state index in [1.807, 2.05) is 49.4 Å². The fourth-order valence-corrected chi connectivity index (χ4v) is 3.53. The lowest BCUT2D eigenvalue weighted by Crippen LogP contribution is -2.37. The first-order chi connectivity index (χ1) is 11.9. The summed E-state index contributed by atoms with van der Waals surface area (Å²) in [5.74, 6) is 0.741. The van der Waals surface area contributed by atoms with Crippen molar-refractivity contribution in [3.8, 4) is 5.75 Å². The Morgan fingerprint density at radius 1 is 1.12 bits per heavy atom. The topological polar surface area (TPSA) is 12.5 Å². The van der Waals surface area contributed by atoms with Crippen molar-refractivity contribution in [2.45, 2.75) is 32.0 Å². The Morgan fingerprint density at radius 3 is 2.48 bits per heavy atom. The monoisotopic (exact) mass is 349 g/mol. The fourth-order valence-electron chi connectivity index (χ4n) is 3.53. The highest BCUT2D eigenvalue weighted by Crippen LogP contribution is 2.37. The van der Waals surface area contributed by atoms with Crippen LogP contribution in [-0.2, 0) is 6.42 Å². The molecule has 0 radical (unpaired) electrons. The number of hydrogen-bond donors (Lipinski definition) is 0. The van der Waals surface area contributed by atoms with Crippen molar-refractivity contribution in [3.05, 3.63) is 64.7 Å². The number of alkyl halides is 3. The summed E-state index contributed by atoms with van der Waals surface area (Å²) in [5, 5.41) is 0. The molecule has 5 heteroatoms. The molecule has 0 aromatic heterocycles.